The van der Waals surface area contributed by atoms with E-state index >= 15 is 0 Å². The van der Waals surface area contributed by atoms with Crippen molar-refractivity contribution in [3.63, 3.8) is 0 Å². The van der Waals surface area contributed by atoms with Crippen molar-refractivity contribution in [1.82, 2.24) is 4.98 Å². The Kier molecular flexibility index (Phi) is 4.23. The van der Waals surface area contributed by atoms with Crippen LogP contribution >= 0.6 is 23.4 Å². The molecule has 0 bridgehead atoms. The first-order valence-electron chi connectivity index (χ1n) is 5.16. The molecule has 0 N–H and O–H groups in total. The van der Waals surface area contributed by atoms with Gasteiger partial charge in [0, 0.05) is 22.2 Å². The van der Waals surface area contributed by atoms with Crippen LogP contribution in [0.5, 0.6) is 0 Å². The molecule has 2 rings (SSSR count). The van der Waals surface area contributed by atoms with Crippen molar-refractivity contribution >= 4 is 29.3 Å². The highest BCUT2D eigenvalue weighted by molar-refractivity contribution is 7.99. The lowest BCUT2D eigenvalue weighted by Gasteiger charge is -2.03. The molecule has 0 amide bonds. The molecule has 0 fully saturated rings. The zero-order chi connectivity index (χ0) is 13.0. The van der Waals surface area contributed by atoms with Crippen LogP contribution < -0.4 is 0 Å². The first-order chi connectivity index (χ1) is 8.69. The average molecular weight is 280 g/mol. The summed E-state index contributed by atoms with van der Waals surface area (Å²) in [5.74, 6) is -0.337. The van der Waals surface area contributed by atoms with Crippen molar-refractivity contribution < 1.29 is 9.53 Å². The number of rotatable bonds is 3. The Labute approximate surface area is 114 Å². The lowest BCUT2D eigenvalue weighted by atomic mass is 10.2. The van der Waals surface area contributed by atoms with Crippen LogP contribution in [0.25, 0.3) is 0 Å². The Morgan fingerprint density at radius 2 is 1.94 bits per heavy atom. The summed E-state index contributed by atoms with van der Waals surface area (Å²) in [7, 11) is 1.36. The molecule has 1 aromatic heterocycles. The number of methoxy groups -OCH3 is 1. The van der Waals surface area contributed by atoms with Crippen LogP contribution in [-0.2, 0) is 4.74 Å². The number of nitrogens with zero attached hydrogens (tertiary/aromatic N) is 1. The summed E-state index contributed by atoms with van der Waals surface area (Å²) in [4.78, 5) is 17.2. The highest BCUT2D eigenvalue weighted by Crippen LogP contribution is 2.28. The Bertz CT molecular complexity index is 557. The van der Waals surface area contributed by atoms with E-state index in [0.717, 1.165) is 9.79 Å². The highest BCUT2D eigenvalue weighted by Gasteiger charge is 2.05. The molecule has 5 heteroatoms. The van der Waals surface area contributed by atoms with Crippen LogP contribution in [0.15, 0.2) is 52.5 Å². The van der Waals surface area contributed by atoms with E-state index in [1.165, 1.54) is 18.9 Å². The highest BCUT2D eigenvalue weighted by atomic mass is 35.5. The first kappa shape index (κ1) is 12.9. The number of carbonyl (C=O) groups excluding carboxylic acids is 1. The number of pyridine rings is 1. The van der Waals surface area contributed by atoms with Gasteiger partial charge in [-0.2, -0.15) is 0 Å². The second-order valence-corrected chi connectivity index (χ2v) is 5.04. The molecular weight excluding hydrogens is 270 g/mol. The number of benzene rings is 1. The van der Waals surface area contributed by atoms with Crippen LogP contribution in [0.1, 0.15) is 10.4 Å². The maximum Gasteiger partial charge on any atom is 0.337 e. The van der Waals surface area contributed by atoms with Gasteiger partial charge in [-0.25, -0.2) is 4.79 Å². The van der Waals surface area contributed by atoms with Gasteiger partial charge in [0.05, 0.1) is 17.7 Å². The van der Waals surface area contributed by atoms with Gasteiger partial charge in [0.2, 0.25) is 0 Å². The number of esters is 1. The summed E-state index contributed by atoms with van der Waals surface area (Å²) in [6.45, 7) is 0. The summed E-state index contributed by atoms with van der Waals surface area (Å²) in [5, 5.41) is 0.603. The maximum absolute atomic E-state index is 11.3. The van der Waals surface area contributed by atoms with Crippen molar-refractivity contribution in [1.29, 1.82) is 0 Å². The summed E-state index contributed by atoms with van der Waals surface area (Å²) in [5.41, 5.74) is 0.533. The molecule has 0 saturated heterocycles. The molecule has 0 spiro atoms. The monoisotopic (exact) mass is 279 g/mol. The van der Waals surface area contributed by atoms with E-state index in [-0.39, 0.29) is 5.97 Å². The van der Waals surface area contributed by atoms with E-state index < -0.39 is 0 Å². The number of carbonyl (C=O) groups is 1. The smallest absolute Gasteiger partial charge is 0.337 e. The van der Waals surface area contributed by atoms with Crippen LogP contribution in [0.3, 0.4) is 0 Å². The van der Waals surface area contributed by atoms with Crippen molar-refractivity contribution in [2.75, 3.05) is 7.11 Å². The molecule has 92 valence electrons. The fourth-order valence-electron chi connectivity index (χ4n) is 1.36. The maximum atomic E-state index is 11.3. The molecule has 0 aliphatic rings. The molecule has 18 heavy (non-hydrogen) atoms. The van der Waals surface area contributed by atoms with Gasteiger partial charge in [0.1, 0.15) is 0 Å². The van der Waals surface area contributed by atoms with Gasteiger partial charge in [0.15, 0.2) is 0 Å². The third-order valence-electron chi connectivity index (χ3n) is 2.19. The van der Waals surface area contributed by atoms with Crippen molar-refractivity contribution in [2.45, 2.75) is 9.79 Å². The van der Waals surface area contributed by atoms with Crippen LogP contribution in [0.4, 0.5) is 0 Å². The van der Waals surface area contributed by atoms with E-state index in [9.17, 15) is 4.79 Å². The third kappa shape index (κ3) is 3.24. The second kappa shape index (κ2) is 5.89. The molecule has 0 atom stereocenters. The van der Waals surface area contributed by atoms with Crippen molar-refractivity contribution in [3.8, 4) is 0 Å². The standard InChI is InChI=1S/C13H10ClNO2S/c1-17-13(16)9-2-4-11(5-3-9)18-12-6-10(14)7-15-8-12/h2-8H,1H3. The molecule has 0 aliphatic carbocycles. The molecule has 1 heterocycles. The van der Waals surface area contributed by atoms with Gasteiger partial charge < -0.3 is 4.74 Å². The van der Waals surface area contributed by atoms with E-state index in [0.29, 0.717) is 10.6 Å². The first-order valence-corrected chi connectivity index (χ1v) is 6.35. The number of aromatic nitrogens is 1. The quantitative estimate of drug-likeness (QED) is 0.804. The van der Waals surface area contributed by atoms with Gasteiger partial charge in [-0.15, -0.1) is 0 Å². The summed E-state index contributed by atoms with van der Waals surface area (Å²) < 4.78 is 4.64. The minimum Gasteiger partial charge on any atom is -0.465 e. The van der Waals surface area contributed by atoms with Crippen molar-refractivity contribution in [2.24, 2.45) is 0 Å². The SMILES string of the molecule is COC(=O)c1ccc(Sc2cncc(Cl)c2)cc1. The fourth-order valence-corrected chi connectivity index (χ4v) is 2.44. The number of hydrogen-bond acceptors (Lipinski definition) is 4. The Morgan fingerprint density at radius 1 is 1.22 bits per heavy atom. The molecule has 2 aromatic rings. The largest absolute Gasteiger partial charge is 0.465 e. The van der Waals surface area contributed by atoms with E-state index in [2.05, 4.69) is 9.72 Å². The molecule has 0 aliphatic heterocycles. The van der Waals surface area contributed by atoms with E-state index in [4.69, 9.17) is 11.6 Å². The summed E-state index contributed by atoms with van der Waals surface area (Å²) in [6, 6.07) is 9.02. The third-order valence-corrected chi connectivity index (χ3v) is 3.36. The van der Waals surface area contributed by atoms with Gasteiger partial charge in [-0.05, 0) is 30.3 Å². The second-order valence-electron chi connectivity index (χ2n) is 3.46. The Morgan fingerprint density at radius 3 is 2.56 bits per heavy atom. The lowest BCUT2D eigenvalue weighted by molar-refractivity contribution is 0.0600. The topological polar surface area (TPSA) is 39.2 Å². The molecule has 1 aromatic carbocycles. The average Bonchev–Trinajstić information content (AvgIpc) is 2.39. The number of halogens is 1. The van der Waals surface area contributed by atoms with Gasteiger partial charge in [0.25, 0.3) is 0 Å². The normalized spacial score (nSPS) is 10.1. The minimum atomic E-state index is -0.337. The predicted molar refractivity (Wildman–Crippen MR) is 71.2 cm³/mol. The molecular formula is C13H10ClNO2S. The molecule has 0 unspecified atom stereocenters. The minimum absolute atomic E-state index is 0.337. The van der Waals surface area contributed by atoms with Gasteiger partial charge in [-0.1, -0.05) is 23.4 Å². The van der Waals surface area contributed by atoms with Crippen molar-refractivity contribution in [3.05, 3.63) is 53.3 Å². The Balaban J connectivity index is 2.13. The lowest BCUT2D eigenvalue weighted by Crippen LogP contribution is -2.00. The fraction of sp³-hybridized carbons (Fsp3) is 0.0769. The van der Waals surface area contributed by atoms with Crippen LogP contribution in [0.2, 0.25) is 5.02 Å². The number of hydrogen-bond donors (Lipinski definition) is 0. The Hall–Kier alpha value is -1.52. The molecule has 0 saturated carbocycles. The molecule has 0 radical (unpaired) electrons. The van der Waals surface area contributed by atoms with Gasteiger partial charge >= 0.3 is 5.97 Å². The van der Waals surface area contributed by atoms with Gasteiger partial charge in [-0.3, -0.25) is 4.98 Å². The number of ether oxygens (including phenoxy) is 1. The van der Waals surface area contributed by atoms with Crippen LogP contribution in [0, 0.1) is 0 Å². The predicted octanol–water partition coefficient (Wildman–Crippen LogP) is 3.67. The zero-order valence-corrected chi connectivity index (χ0v) is 11.2. The zero-order valence-electron chi connectivity index (χ0n) is 9.59. The summed E-state index contributed by atoms with van der Waals surface area (Å²) >= 11 is 7.39. The molecule has 3 nitrogen and oxygen atoms in total. The van der Waals surface area contributed by atoms with E-state index in [1.54, 1.807) is 24.5 Å². The van der Waals surface area contributed by atoms with Crippen LogP contribution in [-0.4, -0.2) is 18.1 Å². The van der Waals surface area contributed by atoms with E-state index in [1.807, 2.05) is 18.2 Å². The summed E-state index contributed by atoms with van der Waals surface area (Å²) in [6.07, 6.45) is 3.33.